The molecule has 2 aromatic rings. The van der Waals surface area contributed by atoms with Gasteiger partial charge in [0.2, 0.25) is 11.9 Å². The SMILES string of the molecule is CC(C)CCn1ccc(Nc2nc(C(C)C)nc(N(C)C)n2)n1. The van der Waals surface area contributed by atoms with Crippen molar-refractivity contribution in [1.29, 1.82) is 0 Å². The Balaban J connectivity index is 2.16. The minimum Gasteiger partial charge on any atom is -0.347 e. The van der Waals surface area contributed by atoms with Crippen LogP contribution in [0.1, 0.15) is 45.9 Å². The summed E-state index contributed by atoms with van der Waals surface area (Å²) in [4.78, 5) is 15.3. The van der Waals surface area contributed by atoms with Gasteiger partial charge in [0.1, 0.15) is 5.82 Å². The fourth-order valence-electron chi connectivity index (χ4n) is 1.95. The van der Waals surface area contributed by atoms with Crippen molar-refractivity contribution in [1.82, 2.24) is 24.7 Å². The molecule has 2 rings (SSSR count). The van der Waals surface area contributed by atoms with Crippen molar-refractivity contribution < 1.29 is 0 Å². The van der Waals surface area contributed by atoms with Crippen LogP contribution in [0.5, 0.6) is 0 Å². The summed E-state index contributed by atoms with van der Waals surface area (Å²) < 4.78 is 1.94. The van der Waals surface area contributed by atoms with E-state index in [0.29, 0.717) is 17.8 Å². The standard InChI is InChI=1S/C16H27N7/c1-11(2)7-9-23-10-8-13(21-23)17-15-18-14(12(3)4)19-16(20-15)22(5)6/h8,10-12H,7,9H2,1-6H3,(H,17,18,19,20,21). The summed E-state index contributed by atoms with van der Waals surface area (Å²) in [6.07, 6.45) is 3.08. The van der Waals surface area contributed by atoms with Gasteiger partial charge < -0.3 is 10.2 Å². The monoisotopic (exact) mass is 317 g/mol. The van der Waals surface area contributed by atoms with Crippen LogP contribution in [0.2, 0.25) is 0 Å². The number of nitrogens with zero attached hydrogens (tertiary/aromatic N) is 6. The Kier molecular flexibility index (Phi) is 5.52. The first-order chi connectivity index (χ1) is 10.8. The molecule has 0 amide bonds. The van der Waals surface area contributed by atoms with Gasteiger partial charge in [0.25, 0.3) is 0 Å². The fourth-order valence-corrected chi connectivity index (χ4v) is 1.95. The maximum absolute atomic E-state index is 4.52. The highest BCUT2D eigenvalue weighted by Crippen LogP contribution is 2.17. The lowest BCUT2D eigenvalue weighted by Crippen LogP contribution is -2.16. The number of aromatic nitrogens is 5. The summed E-state index contributed by atoms with van der Waals surface area (Å²) in [6.45, 7) is 9.47. The number of hydrogen-bond donors (Lipinski definition) is 1. The predicted molar refractivity (Wildman–Crippen MR) is 93.2 cm³/mol. The Morgan fingerprint density at radius 3 is 2.48 bits per heavy atom. The molecule has 7 heteroatoms. The Bertz CT molecular complexity index is 605. The zero-order chi connectivity index (χ0) is 17.0. The molecule has 0 unspecified atom stereocenters. The molecule has 0 saturated carbocycles. The topological polar surface area (TPSA) is 71.8 Å². The zero-order valence-electron chi connectivity index (χ0n) is 14.9. The molecule has 0 bridgehead atoms. The molecule has 0 aliphatic carbocycles. The van der Waals surface area contributed by atoms with Crippen LogP contribution in [0.25, 0.3) is 0 Å². The molecule has 2 aromatic heterocycles. The van der Waals surface area contributed by atoms with Crippen molar-refractivity contribution in [2.24, 2.45) is 5.92 Å². The summed E-state index contributed by atoms with van der Waals surface area (Å²) in [5.41, 5.74) is 0. The van der Waals surface area contributed by atoms with Crippen molar-refractivity contribution in [3.63, 3.8) is 0 Å². The second-order valence-electron chi connectivity index (χ2n) is 6.64. The molecule has 2 heterocycles. The third kappa shape index (κ3) is 4.91. The van der Waals surface area contributed by atoms with E-state index in [4.69, 9.17) is 0 Å². The van der Waals surface area contributed by atoms with Gasteiger partial charge in [0.15, 0.2) is 5.82 Å². The number of nitrogens with one attached hydrogen (secondary N) is 1. The lowest BCUT2D eigenvalue weighted by Gasteiger charge is -2.14. The lowest BCUT2D eigenvalue weighted by molar-refractivity contribution is 0.488. The molecule has 0 aromatic carbocycles. The van der Waals surface area contributed by atoms with Gasteiger partial charge in [-0.3, -0.25) is 4.68 Å². The normalized spacial score (nSPS) is 11.3. The van der Waals surface area contributed by atoms with Crippen molar-refractivity contribution in [3.05, 3.63) is 18.1 Å². The first-order valence-electron chi connectivity index (χ1n) is 8.09. The first kappa shape index (κ1) is 17.2. The van der Waals surface area contributed by atoms with Gasteiger partial charge in [0, 0.05) is 38.8 Å². The number of anilines is 3. The summed E-state index contributed by atoms with van der Waals surface area (Å²) in [5, 5.41) is 7.70. The third-order valence-electron chi connectivity index (χ3n) is 3.37. The maximum Gasteiger partial charge on any atom is 0.233 e. The first-order valence-corrected chi connectivity index (χ1v) is 8.09. The molecule has 0 aliphatic rings. The Morgan fingerprint density at radius 2 is 1.87 bits per heavy atom. The van der Waals surface area contributed by atoms with Gasteiger partial charge in [-0.2, -0.15) is 20.1 Å². The van der Waals surface area contributed by atoms with Crippen molar-refractivity contribution in [2.45, 2.75) is 46.6 Å². The lowest BCUT2D eigenvalue weighted by atomic mass is 10.1. The predicted octanol–water partition coefficient (Wildman–Crippen LogP) is 3.05. The average Bonchev–Trinajstić information content (AvgIpc) is 2.92. The van der Waals surface area contributed by atoms with E-state index in [0.717, 1.165) is 24.6 Å². The number of aryl methyl sites for hydroxylation is 1. The van der Waals surface area contributed by atoms with Crippen LogP contribution in [-0.4, -0.2) is 38.8 Å². The van der Waals surface area contributed by atoms with Crippen LogP contribution >= 0.6 is 0 Å². The molecular weight excluding hydrogens is 290 g/mol. The molecule has 1 N–H and O–H groups in total. The van der Waals surface area contributed by atoms with E-state index in [1.165, 1.54) is 0 Å². The average molecular weight is 317 g/mol. The summed E-state index contributed by atoms with van der Waals surface area (Å²) >= 11 is 0. The van der Waals surface area contributed by atoms with Crippen molar-refractivity contribution in [3.8, 4) is 0 Å². The van der Waals surface area contributed by atoms with Crippen molar-refractivity contribution in [2.75, 3.05) is 24.3 Å². The van der Waals surface area contributed by atoms with Crippen LogP contribution < -0.4 is 10.2 Å². The van der Waals surface area contributed by atoms with E-state index in [2.05, 4.69) is 53.1 Å². The van der Waals surface area contributed by atoms with Crippen molar-refractivity contribution >= 4 is 17.7 Å². The number of rotatable bonds is 7. The molecule has 0 fully saturated rings. The minimum absolute atomic E-state index is 0.237. The van der Waals surface area contributed by atoms with Gasteiger partial charge in [-0.05, 0) is 12.3 Å². The zero-order valence-corrected chi connectivity index (χ0v) is 14.9. The van der Waals surface area contributed by atoms with Gasteiger partial charge in [-0.15, -0.1) is 0 Å². The van der Waals surface area contributed by atoms with E-state index in [9.17, 15) is 0 Å². The van der Waals surface area contributed by atoms with Crippen LogP contribution in [-0.2, 0) is 6.54 Å². The largest absolute Gasteiger partial charge is 0.347 e. The molecular formula is C16H27N7. The quantitative estimate of drug-likeness (QED) is 0.846. The van der Waals surface area contributed by atoms with E-state index in [1.54, 1.807) is 0 Å². The second-order valence-corrected chi connectivity index (χ2v) is 6.64. The second kappa shape index (κ2) is 7.39. The molecule has 0 aliphatic heterocycles. The van der Waals surface area contributed by atoms with Crippen LogP contribution in [0.4, 0.5) is 17.7 Å². The highest BCUT2D eigenvalue weighted by Gasteiger charge is 2.12. The summed E-state index contributed by atoms with van der Waals surface area (Å²) in [7, 11) is 3.84. The van der Waals surface area contributed by atoms with Gasteiger partial charge in [0.05, 0.1) is 0 Å². The molecule has 126 valence electrons. The molecule has 0 saturated heterocycles. The smallest absolute Gasteiger partial charge is 0.233 e. The Hall–Kier alpha value is -2.18. The molecule has 7 nitrogen and oxygen atoms in total. The van der Waals surface area contributed by atoms with Gasteiger partial charge >= 0.3 is 0 Å². The Morgan fingerprint density at radius 1 is 1.13 bits per heavy atom. The molecule has 23 heavy (non-hydrogen) atoms. The van der Waals surface area contributed by atoms with E-state index >= 15 is 0 Å². The van der Waals surface area contributed by atoms with Crippen LogP contribution in [0.15, 0.2) is 12.3 Å². The summed E-state index contributed by atoms with van der Waals surface area (Å²) in [5.74, 6) is 3.59. The fraction of sp³-hybridized carbons (Fsp3) is 0.625. The van der Waals surface area contributed by atoms with E-state index in [-0.39, 0.29) is 5.92 Å². The maximum atomic E-state index is 4.52. The van der Waals surface area contributed by atoms with E-state index in [1.807, 2.05) is 35.9 Å². The van der Waals surface area contributed by atoms with Gasteiger partial charge in [-0.25, -0.2) is 0 Å². The van der Waals surface area contributed by atoms with Gasteiger partial charge in [-0.1, -0.05) is 27.7 Å². The Labute approximate surface area is 138 Å². The molecule has 0 spiro atoms. The van der Waals surface area contributed by atoms with Crippen LogP contribution in [0, 0.1) is 5.92 Å². The van der Waals surface area contributed by atoms with E-state index < -0.39 is 0 Å². The van der Waals surface area contributed by atoms with Crippen LogP contribution in [0.3, 0.4) is 0 Å². The molecule has 0 radical (unpaired) electrons. The number of hydrogen-bond acceptors (Lipinski definition) is 6. The highest BCUT2D eigenvalue weighted by atomic mass is 15.3. The summed E-state index contributed by atoms with van der Waals surface area (Å²) in [6, 6.07) is 1.94. The highest BCUT2D eigenvalue weighted by molar-refractivity contribution is 5.48. The molecule has 0 atom stereocenters. The third-order valence-corrected chi connectivity index (χ3v) is 3.37. The minimum atomic E-state index is 0.237.